The lowest BCUT2D eigenvalue weighted by molar-refractivity contribution is 0.0898. The van der Waals surface area contributed by atoms with E-state index in [9.17, 15) is 9.18 Å². The minimum Gasteiger partial charge on any atom is -0.347 e. The van der Waals surface area contributed by atoms with E-state index in [1.165, 1.54) is 18.6 Å². The van der Waals surface area contributed by atoms with Crippen LogP contribution in [0.3, 0.4) is 0 Å². The summed E-state index contributed by atoms with van der Waals surface area (Å²) in [7, 11) is 0. The van der Waals surface area contributed by atoms with Gasteiger partial charge in [-0.3, -0.25) is 9.69 Å². The van der Waals surface area contributed by atoms with Crippen LogP contribution in [0.5, 0.6) is 0 Å². The number of amides is 1. The Morgan fingerprint density at radius 3 is 2.63 bits per heavy atom. The van der Waals surface area contributed by atoms with Gasteiger partial charge in [0.15, 0.2) is 0 Å². The zero-order chi connectivity index (χ0) is 18.4. The molecule has 3 heterocycles. The van der Waals surface area contributed by atoms with E-state index in [1.807, 2.05) is 16.7 Å². The fourth-order valence-electron chi connectivity index (χ4n) is 4.57. The summed E-state index contributed by atoms with van der Waals surface area (Å²) in [5.41, 5.74) is 1.13. The second-order valence-electron chi connectivity index (χ2n) is 8.20. The molecule has 0 bridgehead atoms. The van der Waals surface area contributed by atoms with E-state index >= 15 is 0 Å². The first-order valence-corrected chi connectivity index (χ1v) is 9.85. The number of hydrogen-bond donors (Lipinski definition) is 1. The van der Waals surface area contributed by atoms with Crippen molar-refractivity contribution in [2.45, 2.75) is 44.8 Å². The molecule has 1 aromatic heterocycles. The van der Waals surface area contributed by atoms with E-state index in [0.29, 0.717) is 23.7 Å². The molecule has 1 aliphatic carbocycles. The number of carbonyl (C=O) groups excluding carboxylic acids is 1. The van der Waals surface area contributed by atoms with Crippen molar-refractivity contribution in [3.05, 3.63) is 47.3 Å². The van der Waals surface area contributed by atoms with Crippen molar-refractivity contribution in [2.24, 2.45) is 11.8 Å². The maximum absolute atomic E-state index is 13.1. The minimum absolute atomic E-state index is 0.0851. The largest absolute Gasteiger partial charge is 0.347 e. The van der Waals surface area contributed by atoms with Crippen LogP contribution in [0.1, 0.15) is 41.3 Å². The summed E-state index contributed by atoms with van der Waals surface area (Å²) in [5.74, 6) is 2.16. The zero-order valence-corrected chi connectivity index (χ0v) is 15.3. The van der Waals surface area contributed by atoms with Gasteiger partial charge in [0.25, 0.3) is 5.91 Å². The molecule has 5 rings (SSSR count). The third kappa shape index (κ3) is 3.25. The van der Waals surface area contributed by atoms with Gasteiger partial charge in [0.1, 0.15) is 11.6 Å². The highest BCUT2D eigenvalue weighted by Gasteiger charge is 2.39. The number of rotatable bonds is 4. The minimum atomic E-state index is -0.195. The maximum atomic E-state index is 13.1. The Bertz CT molecular complexity index is 845. The number of halogens is 1. The van der Waals surface area contributed by atoms with Crippen LogP contribution in [-0.2, 0) is 19.5 Å². The molecule has 1 N–H and O–H groups in total. The number of aromatic nitrogens is 3. The van der Waals surface area contributed by atoms with Gasteiger partial charge in [0.2, 0.25) is 5.82 Å². The number of carbonyl (C=O) groups is 1. The van der Waals surface area contributed by atoms with E-state index in [2.05, 4.69) is 20.4 Å². The van der Waals surface area contributed by atoms with Gasteiger partial charge < -0.3 is 9.88 Å². The van der Waals surface area contributed by atoms with Gasteiger partial charge in [0, 0.05) is 38.6 Å². The molecule has 0 radical (unpaired) electrons. The Labute approximate surface area is 157 Å². The first-order valence-electron chi connectivity index (χ1n) is 9.85. The molecule has 2 aromatic rings. The van der Waals surface area contributed by atoms with Gasteiger partial charge in [-0.1, -0.05) is 12.1 Å². The topological polar surface area (TPSA) is 63.1 Å². The Balaban J connectivity index is 1.26. The summed E-state index contributed by atoms with van der Waals surface area (Å²) in [6.07, 6.45) is 4.19. The maximum Gasteiger partial charge on any atom is 0.289 e. The first kappa shape index (κ1) is 16.9. The van der Waals surface area contributed by atoms with Crippen molar-refractivity contribution >= 4 is 5.91 Å². The molecule has 1 aromatic carbocycles. The summed E-state index contributed by atoms with van der Waals surface area (Å²) in [4.78, 5) is 15.0. The fourth-order valence-corrected chi connectivity index (χ4v) is 4.57. The molecule has 0 spiro atoms. The van der Waals surface area contributed by atoms with Crippen LogP contribution in [0.15, 0.2) is 24.3 Å². The normalized spacial score (nSPS) is 24.9. The molecule has 2 aliphatic heterocycles. The fraction of sp³-hybridized carbons (Fsp3) is 0.550. The SMILES string of the molecule is O=C(NC1CCC1)c1nnc2n1C[C@H]1CN(Cc3ccc(F)cc3)C[C@H]1C2. The smallest absolute Gasteiger partial charge is 0.289 e. The van der Waals surface area contributed by atoms with Gasteiger partial charge in [-0.05, 0) is 48.8 Å². The zero-order valence-electron chi connectivity index (χ0n) is 15.3. The number of nitrogens with one attached hydrogen (secondary N) is 1. The Kier molecular flexibility index (Phi) is 4.19. The van der Waals surface area contributed by atoms with Crippen molar-refractivity contribution in [1.82, 2.24) is 25.0 Å². The van der Waals surface area contributed by atoms with Crippen LogP contribution in [-0.4, -0.2) is 44.7 Å². The quantitative estimate of drug-likeness (QED) is 0.896. The number of likely N-dealkylation sites (tertiary alicyclic amines) is 1. The summed E-state index contributed by atoms with van der Waals surface area (Å²) in [6.45, 7) is 3.64. The monoisotopic (exact) mass is 369 g/mol. The average Bonchev–Trinajstić information content (AvgIpc) is 3.20. The van der Waals surface area contributed by atoms with Crippen molar-refractivity contribution in [1.29, 1.82) is 0 Å². The van der Waals surface area contributed by atoms with E-state index in [1.54, 1.807) is 0 Å². The standard InChI is InChI=1S/C20H24FN5O/c21-16-6-4-13(5-7-16)9-25-10-14-8-18-23-24-19(26(18)12-15(14)11-25)20(27)22-17-2-1-3-17/h4-7,14-15,17H,1-3,8-12H2,(H,22,27)/t14-,15-/m1/s1. The van der Waals surface area contributed by atoms with E-state index in [4.69, 9.17) is 0 Å². The number of nitrogens with zero attached hydrogens (tertiary/aromatic N) is 4. The lowest BCUT2D eigenvalue weighted by atomic mass is 9.89. The van der Waals surface area contributed by atoms with Gasteiger partial charge in [0.05, 0.1) is 0 Å². The molecule has 0 unspecified atom stereocenters. The molecule has 142 valence electrons. The third-order valence-corrected chi connectivity index (χ3v) is 6.30. The van der Waals surface area contributed by atoms with Crippen LogP contribution in [0.25, 0.3) is 0 Å². The van der Waals surface area contributed by atoms with Crippen LogP contribution in [0.2, 0.25) is 0 Å². The summed E-state index contributed by atoms with van der Waals surface area (Å²) < 4.78 is 15.1. The molecule has 27 heavy (non-hydrogen) atoms. The molecule has 1 saturated carbocycles. The number of fused-ring (bicyclic) bond motifs is 2. The van der Waals surface area contributed by atoms with Gasteiger partial charge in [-0.2, -0.15) is 0 Å². The Morgan fingerprint density at radius 2 is 1.89 bits per heavy atom. The predicted molar refractivity (Wildman–Crippen MR) is 97.5 cm³/mol. The van der Waals surface area contributed by atoms with E-state index < -0.39 is 0 Å². The van der Waals surface area contributed by atoms with Gasteiger partial charge in [-0.25, -0.2) is 4.39 Å². The molecule has 1 amide bonds. The Morgan fingerprint density at radius 1 is 1.11 bits per heavy atom. The highest BCUT2D eigenvalue weighted by molar-refractivity contribution is 5.91. The highest BCUT2D eigenvalue weighted by atomic mass is 19.1. The lowest BCUT2D eigenvalue weighted by Crippen LogP contribution is -2.41. The second-order valence-corrected chi connectivity index (χ2v) is 8.20. The van der Waals surface area contributed by atoms with Crippen LogP contribution in [0.4, 0.5) is 4.39 Å². The van der Waals surface area contributed by atoms with Crippen LogP contribution >= 0.6 is 0 Å². The summed E-state index contributed by atoms with van der Waals surface area (Å²) >= 11 is 0. The molecule has 6 nitrogen and oxygen atoms in total. The first-order chi connectivity index (χ1) is 13.2. The molecule has 7 heteroatoms. The number of benzene rings is 1. The van der Waals surface area contributed by atoms with Crippen molar-refractivity contribution in [3.8, 4) is 0 Å². The van der Waals surface area contributed by atoms with E-state index in [-0.39, 0.29) is 11.7 Å². The lowest BCUT2D eigenvalue weighted by Gasteiger charge is -2.28. The molecular weight excluding hydrogens is 345 g/mol. The molecule has 2 fully saturated rings. The predicted octanol–water partition coefficient (Wildman–Crippen LogP) is 2.00. The van der Waals surface area contributed by atoms with Crippen LogP contribution < -0.4 is 5.32 Å². The van der Waals surface area contributed by atoms with Crippen molar-refractivity contribution in [3.63, 3.8) is 0 Å². The molecular formula is C20H24FN5O. The summed E-state index contributed by atoms with van der Waals surface area (Å²) in [5, 5.41) is 11.6. The van der Waals surface area contributed by atoms with Gasteiger partial charge in [-0.15, -0.1) is 10.2 Å². The second kappa shape index (κ2) is 6.71. The van der Waals surface area contributed by atoms with Crippen LogP contribution in [0, 0.1) is 17.7 Å². The molecule has 2 atom stereocenters. The highest BCUT2D eigenvalue weighted by Crippen LogP contribution is 2.33. The molecule has 3 aliphatic rings. The molecule has 1 saturated heterocycles. The van der Waals surface area contributed by atoms with E-state index in [0.717, 1.165) is 56.8 Å². The Hall–Kier alpha value is -2.28. The average molecular weight is 369 g/mol. The third-order valence-electron chi connectivity index (χ3n) is 6.30. The summed E-state index contributed by atoms with van der Waals surface area (Å²) in [6, 6.07) is 7.06. The van der Waals surface area contributed by atoms with Gasteiger partial charge >= 0.3 is 0 Å². The van der Waals surface area contributed by atoms with Crippen molar-refractivity contribution in [2.75, 3.05) is 13.1 Å². The number of hydrogen-bond acceptors (Lipinski definition) is 4. The van der Waals surface area contributed by atoms with Crippen molar-refractivity contribution < 1.29 is 9.18 Å².